The molecule has 0 amide bonds. The number of rotatable bonds is 8. The molecule has 0 aliphatic rings. The van der Waals surface area contributed by atoms with Crippen LogP contribution in [0.25, 0.3) is 17.1 Å². The van der Waals surface area contributed by atoms with E-state index in [1.54, 1.807) is 26.4 Å². The highest BCUT2D eigenvalue weighted by molar-refractivity contribution is 7.99. The molecule has 6 nitrogen and oxygen atoms in total. The molecule has 7 heteroatoms. The van der Waals surface area contributed by atoms with Crippen LogP contribution in [0.1, 0.15) is 10.4 Å². The van der Waals surface area contributed by atoms with Crippen LogP contribution in [0, 0.1) is 0 Å². The number of hydrogen-bond acceptors (Lipinski definition) is 6. The summed E-state index contributed by atoms with van der Waals surface area (Å²) in [5, 5.41) is 9.44. The maximum atomic E-state index is 12.7. The Hall–Kier alpha value is -3.58. The van der Waals surface area contributed by atoms with E-state index in [1.807, 2.05) is 71.3 Å². The third-order valence-electron chi connectivity index (χ3n) is 4.70. The van der Waals surface area contributed by atoms with Crippen LogP contribution in [0.2, 0.25) is 0 Å². The number of carbonyl (C=O) groups is 1. The summed E-state index contributed by atoms with van der Waals surface area (Å²) in [6, 6.07) is 24.7. The van der Waals surface area contributed by atoms with Crippen molar-refractivity contribution in [2.75, 3.05) is 20.0 Å². The quantitative estimate of drug-likeness (QED) is 0.291. The molecule has 156 valence electrons. The van der Waals surface area contributed by atoms with Crippen LogP contribution >= 0.6 is 11.8 Å². The van der Waals surface area contributed by atoms with Crippen molar-refractivity contribution in [3.05, 3.63) is 84.4 Å². The Morgan fingerprint density at radius 2 is 1.58 bits per heavy atom. The second-order valence-corrected chi connectivity index (χ2v) is 7.60. The minimum Gasteiger partial charge on any atom is -0.497 e. The van der Waals surface area contributed by atoms with Gasteiger partial charge in [0.2, 0.25) is 0 Å². The van der Waals surface area contributed by atoms with Gasteiger partial charge in [-0.1, -0.05) is 54.2 Å². The molecule has 0 saturated carbocycles. The van der Waals surface area contributed by atoms with Gasteiger partial charge in [0.05, 0.1) is 20.0 Å². The van der Waals surface area contributed by atoms with E-state index in [4.69, 9.17) is 9.47 Å². The van der Waals surface area contributed by atoms with Crippen molar-refractivity contribution < 1.29 is 14.3 Å². The summed E-state index contributed by atoms with van der Waals surface area (Å²) >= 11 is 1.35. The molecular weight excluding hydrogens is 410 g/mol. The molecule has 0 radical (unpaired) electrons. The number of nitrogens with zero attached hydrogens (tertiary/aromatic N) is 3. The molecule has 0 aliphatic heterocycles. The zero-order valence-electron chi connectivity index (χ0n) is 17.2. The number of carbonyl (C=O) groups excluding carboxylic acids is 1. The number of ether oxygens (including phenoxy) is 2. The molecule has 4 aromatic rings. The topological polar surface area (TPSA) is 66.2 Å². The molecule has 0 N–H and O–H groups in total. The zero-order valence-corrected chi connectivity index (χ0v) is 18.0. The van der Waals surface area contributed by atoms with E-state index in [2.05, 4.69) is 10.2 Å². The van der Waals surface area contributed by atoms with E-state index in [-0.39, 0.29) is 11.5 Å². The van der Waals surface area contributed by atoms with Gasteiger partial charge in [-0.25, -0.2) is 0 Å². The molecule has 0 fully saturated rings. The molecule has 1 aromatic heterocycles. The number of Topliss-reactive ketones (excluding diaryl/α,β-unsaturated/α-hetero) is 1. The predicted molar refractivity (Wildman–Crippen MR) is 121 cm³/mol. The largest absolute Gasteiger partial charge is 0.497 e. The molecule has 4 rings (SSSR count). The first-order valence-corrected chi connectivity index (χ1v) is 10.6. The van der Waals surface area contributed by atoms with Gasteiger partial charge in [-0.05, 0) is 36.4 Å². The van der Waals surface area contributed by atoms with E-state index >= 15 is 0 Å². The van der Waals surface area contributed by atoms with Crippen molar-refractivity contribution in [2.45, 2.75) is 5.16 Å². The van der Waals surface area contributed by atoms with Crippen LogP contribution in [-0.2, 0) is 0 Å². The monoisotopic (exact) mass is 431 g/mol. The van der Waals surface area contributed by atoms with Crippen LogP contribution in [0.5, 0.6) is 11.5 Å². The Morgan fingerprint density at radius 1 is 0.871 bits per heavy atom. The predicted octanol–water partition coefficient (Wildman–Crippen LogP) is 4.93. The highest BCUT2D eigenvalue weighted by atomic mass is 32.2. The van der Waals surface area contributed by atoms with Gasteiger partial charge in [-0.3, -0.25) is 9.36 Å². The van der Waals surface area contributed by atoms with Crippen LogP contribution < -0.4 is 9.47 Å². The maximum Gasteiger partial charge on any atom is 0.196 e. The zero-order chi connectivity index (χ0) is 21.6. The number of hydrogen-bond donors (Lipinski definition) is 0. The molecule has 3 aromatic carbocycles. The van der Waals surface area contributed by atoms with E-state index in [0.717, 1.165) is 17.0 Å². The van der Waals surface area contributed by atoms with Gasteiger partial charge in [0, 0.05) is 16.8 Å². The Balaban J connectivity index is 1.66. The van der Waals surface area contributed by atoms with E-state index in [1.165, 1.54) is 11.8 Å². The highest BCUT2D eigenvalue weighted by Crippen LogP contribution is 2.30. The fraction of sp³-hybridized carbons (Fsp3) is 0.125. The molecule has 1 heterocycles. The summed E-state index contributed by atoms with van der Waals surface area (Å²) in [4.78, 5) is 12.7. The summed E-state index contributed by atoms with van der Waals surface area (Å²) in [6.45, 7) is 0. The van der Waals surface area contributed by atoms with Gasteiger partial charge in [0.15, 0.2) is 16.8 Å². The fourth-order valence-electron chi connectivity index (χ4n) is 3.13. The SMILES string of the molecule is COc1cccc(C(=O)CSc2nnc(-c3cccc(OC)c3)n2-c2ccccc2)c1. The van der Waals surface area contributed by atoms with Crippen LogP contribution in [0.4, 0.5) is 0 Å². The van der Waals surface area contributed by atoms with E-state index in [9.17, 15) is 4.79 Å². The fourth-order valence-corrected chi connectivity index (χ4v) is 3.98. The molecule has 0 bridgehead atoms. The maximum absolute atomic E-state index is 12.7. The van der Waals surface area contributed by atoms with Crippen LogP contribution in [-0.4, -0.2) is 40.5 Å². The Bertz CT molecular complexity index is 1190. The molecule has 0 atom stereocenters. The summed E-state index contributed by atoms with van der Waals surface area (Å²) in [5.41, 5.74) is 2.40. The summed E-state index contributed by atoms with van der Waals surface area (Å²) in [6.07, 6.45) is 0. The van der Waals surface area contributed by atoms with Gasteiger partial charge in [-0.2, -0.15) is 0 Å². The normalized spacial score (nSPS) is 10.6. The van der Waals surface area contributed by atoms with Gasteiger partial charge >= 0.3 is 0 Å². The minimum atomic E-state index is -0.00515. The number of thioether (sulfide) groups is 1. The number of methoxy groups -OCH3 is 2. The first-order chi connectivity index (χ1) is 15.2. The van der Waals surface area contributed by atoms with Crippen molar-refractivity contribution in [3.8, 4) is 28.6 Å². The number of ketones is 1. The lowest BCUT2D eigenvalue weighted by molar-refractivity contribution is 0.102. The van der Waals surface area contributed by atoms with Crippen molar-refractivity contribution >= 4 is 17.5 Å². The lowest BCUT2D eigenvalue weighted by Crippen LogP contribution is -2.05. The van der Waals surface area contributed by atoms with Crippen molar-refractivity contribution in [3.63, 3.8) is 0 Å². The first-order valence-electron chi connectivity index (χ1n) is 9.65. The molecule has 0 spiro atoms. The van der Waals surface area contributed by atoms with E-state index in [0.29, 0.717) is 22.3 Å². The van der Waals surface area contributed by atoms with Crippen molar-refractivity contribution in [1.82, 2.24) is 14.8 Å². The Kier molecular flexibility index (Phi) is 6.33. The van der Waals surface area contributed by atoms with Gasteiger partial charge in [0.25, 0.3) is 0 Å². The average Bonchev–Trinajstić information content (AvgIpc) is 3.27. The van der Waals surface area contributed by atoms with Crippen LogP contribution in [0.15, 0.2) is 84.0 Å². The van der Waals surface area contributed by atoms with Gasteiger partial charge in [0.1, 0.15) is 11.5 Å². The molecular formula is C24H21N3O3S. The highest BCUT2D eigenvalue weighted by Gasteiger charge is 2.18. The summed E-state index contributed by atoms with van der Waals surface area (Å²) in [5.74, 6) is 2.30. The molecule has 0 aliphatic carbocycles. The van der Waals surface area contributed by atoms with Gasteiger partial charge in [-0.15, -0.1) is 10.2 Å². The summed E-state index contributed by atoms with van der Waals surface area (Å²) in [7, 11) is 3.22. The standard InChI is InChI=1S/C24H21N3O3S/c1-29-20-12-6-8-17(14-20)22(28)16-31-24-26-25-23(18-9-7-13-21(15-18)30-2)27(24)19-10-4-3-5-11-19/h3-15H,16H2,1-2H3. The third-order valence-corrected chi connectivity index (χ3v) is 5.63. The number of benzene rings is 3. The second-order valence-electron chi connectivity index (χ2n) is 6.65. The van der Waals surface area contributed by atoms with Crippen molar-refractivity contribution in [1.29, 1.82) is 0 Å². The Labute approximate surface area is 184 Å². The number of aromatic nitrogens is 3. The third kappa shape index (κ3) is 4.62. The molecule has 0 saturated heterocycles. The van der Waals surface area contributed by atoms with Crippen molar-refractivity contribution in [2.24, 2.45) is 0 Å². The average molecular weight is 432 g/mol. The Morgan fingerprint density at radius 3 is 2.32 bits per heavy atom. The van der Waals surface area contributed by atoms with E-state index < -0.39 is 0 Å². The first kappa shape index (κ1) is 20.7. The molecule has 0 unspecified atom stereocenters. The second kappa shape index (κ2) is 9.49. The van der Waals surface area contributed by atoms with Crippen LogP contribution in [0.3, 0.4) is 0 Å². The molecule has 31 heavy (non-hydrogen) atoms. The lowest BCUT2D eigenvalue weighted by Gasteiger charge is -2.11. The number of para-hydroxylation sites is 1. The summed E-state index contributed by atoms with van der Waals surface area (Å²) < 4.78 is 12.5. The smallest absolute Gasteiger partial charge is 0.196 e. The lowest BCUT2D eigenvalue weighted by atomic mass is 10.1. The minimum absolute atomic E-state index is 0.00515. The van der Waals surface area contributed by atoms with Gasteiger partial charge < -0.3 is 9.47 Å².